The van der Waals surface area contributed by atoms with Gasteiger partial charge in [0.15, 0.2) is 0 Å². The number of benzene rings is 2. The van der Waals surface area contributed by atoms with Crippen molar-refractivity contribution in [1.82, 2.24) is 20.0 Å². The van der Waals surface area contributed by atoms with Crippen molar-refractivity contribution in [2.24, 2.45) is 0 Å². The Hall–Kier alpha value is -3.96. The molecule has 0 aliphatic heterocycles. The van der Waals surface area contributed by atoms with Gasteiger partial charge in [-0.05, 0) is 48.4 Å². The molecule has 12 heteroatoms. The Bertz CT molecular complexity index is 1550. The molecule has 4 rings (SSSR count). The molecule has 2 amide bonds. The molecule has 190 valence electrons. The number of hydrogen-bond donors (Lipinski definition) is 2. The number of sulfonamides is 1. The molecule has 0 spiro atoms. The molecular formula is C25H18ClF3N4O3S. The van der Waals surface area contributed by atoms with E-state index >= 15 is 0 Å². The highest BCUT2D eigenvalue weighted by atomic mass is 35.5. The minimum atomic E-state index is -4.37. The van der Waals surface area contributed by atoms with E-state index in [-0.39, 0.29) is 27.6 Å². The van der Waals surface area contributed by atoms with Crippen molar-refractivity contribution in [2.75, 3.05) is 0 Å². The van der Waals surface area contributed by atoms with Crippen LogP contribution in [-0.4, -0.2) is 24.4 Å². The zero-order valence-corrected chi connectivity index (χ0v) is 20.4. The van der Waals surface area contributed by atoms with Crippen LogP contribution in [-0.2, 0) is 16.4 Å². The smallest absolute Gasteiger partial charge is 0.329 e. The van der Waals surface area contributed by atoms with Gasteiger partial charge in [-0.3, -0.25) is 9.97 Å². The first-order chi connectivity index (χ1) is 17.6. The van der Waals surface area contributed by atoms with E-state index < -0.39 is 39.5 Å². The molecule has 0 aliphatic rings. The summed E-state index contributed by atoms with van der Waals surface area (Å²) in [4.78, 5) is 20.7. The van der Waals surface area contributed by atoms with E-state index in [2.05, 4.69) is 15.3 Å². The number of nitrogens with one attached hydrogen (secondary N) is 2. The van der Waals surface area contributed by atoms with Crippen molar-refractivity contribution in [2.45, 2.75) is 17.4 Å². The topological polar surface area (TPSA) is 101 Å². The van der Waals surface area contributed by atoms with Gasteiger partial charge < -0.3 is 5.32 Å². The highest BCUT2D eigenvalue weighted by molar-refractivity contribution is 7.90. The summed E-state index contributed by atoms with van der Waals surface area (Å²) < 4.78 is 69.0. The summed E-state index contributed by atoms with van der Waals surface area (Å²) in [6.07, 6.45) is 3.62. The average Bonchev–Trinajstić information content (AvgIpc) is 2.83. The van der Waals surface area contributed by atoms with Gasteiger partial charge in [0.05, 0.1) is 23.0 Å². The minimum Gasteiger partial charge on any atom is -0.329 e. The molecule has 0 aliphatic carbocycles. The molecule has 2 aromatic heterocycles. The fraction of sp³-hybridized carbons (Fsp3) is 0.0800. The molecule has 0 unspecified atom stereocenters. The minimum absolute atomic E-state index is 0.0970. The second-order valence-electron chi connectivity index (χ2n) is 7.87. The molecule has 2 heterocycles. The van der Waals surface area contributed by atoms with E-state index in [1.54, 1.807) is 12.1 Å². The lowest BCUT2D eigenvalue weighted by Crippen LogP contribution is -2.42. The summed E-state index contributed by atoms with van der Waals surface area (Å²) in [6, 6.07) is 10.5. The molecule has 7 nitrogen and oxygen atoms in total. The van der Waals surface area contributed by atoms with Gasteiger partial charge in [0.1, 0.15) is 22.3 Å². The van der Waals surface area contributed by atoms with Gasteiger partial charge in [0, 0.05) is 29.6 Å². The quantitative estimate of drug-likeness (QED) is 0.332. The van der Waals surface area contributed by atoms with Crippen LogP contribution in [0.5, 0.6) is 0 Å². The molecule has 0 saturated carbocycles. The van der Waals surface area contributed by atoms with Crippen LogP contribution in [0.3, 0.4) is 0 Å². The highest BCUT2D eigenvalue weighted by Gasteiger charge is 2.25. The Labute approximate surface area is 215 Å². The third kappa shape index (κ3) is 6.43. The summed E-state index contributed by atoms with van der Waals surface area (Å²) in [7, 11) is -4.37. The molecule has 0 bridgehead atoms. The molecule has 1 atom stereocenters. The Morgan fingerprint density at radius 2 is 1.68 bits per heavy atom. The van der Waals surface area contributed by atoms with Crippen LogP contribution in [0, 0.1) is 17.5 Å². The fourth-order valence-corrected chi connectivity index (χ4v) is 5.14. The predicted octanol–water partition coefficient (Wildman–Crippen LogP) is 5.19. The number of nitrogens with zero attached hydrogens (tertiary/aromatic N) is 2. The maximum absolute atomic E-state index is 13.9. The number of rotatable bonds is 7. The zero-order valence-electron chi connectivity index (χ0n) is 18.8. The molecular weight excluding hydrogens is 529 g/mol. The van der Waals surface area contributed by atoms with Gasteiger partial charge in [-0.1, -0.05) is 29.8 Å². The number of urea groups is 1. The van der Waals surface area contributed by atoms with Crippen molar-refractivity contribution in [3.8, 4) is 11.1 Å². The number of amides is 2. The number of hydrogen-bond acceptors (Lipinski definition) is 5. The molecule has 2 aromatic carbocycles. The Morgan fingerprint density at radius 3 is 2.38 bits per heavy atom. The molecule has 37 heavy (non-hydrogen) atoms. The van der Waals surface area contributed by atoms with Crippen molar-refractivity contribution in [3.63, 3.8) is 0 Å². The number of halogens is 4. The second-order valence-corrected chi connectivity index (χ2v) is 9.93. The van der Waals surface area contributed by atoms with Crippen LogP contribution >= 0.6 is 11.6 Å². The molecule has 4 aromatic rings. The van der Waals surface area contributed by atoms with Crippen LogP contribution in [0.25, 0.3) is 11.1 Å². The fourth-order valence-electron chi connectivity index (χ4n) is 3.71. The third-order valence-electron chi connectivity index (χ3n) is 5.21. The summed E-state index contributed by atoms with van der Waals surface area (Å²) in [5.41, 5.74) is 1.03. The number of aromatic nitrogens is 2. The average molecular weight is 547 g/mol. The van der Waals surface area contributed by atoms with Crippen molar-refractivity contribution in [1.29, 1.82) is 0 Å². The lowest BCUT2D eigenvalue weighted by Gasteiger charge is -2.22. The second kappa shape index (κ2) is 11.0. The predicted molar refractivity (Wildman–Crippen MR) is 131 cm³/mol. The Kier molecular flexibility index (Phi) is 7.74. The SMILES string of the molecule is O=C(N[C@H](Cc1cc(F)cc(F)c1)c1ncccc1-c1cncc(F)c1)NS(=O)(=O)c1ccccc1Cl. The summed E-state index contributed by atoms with van der Waals surface area (Å²) in [5.74, 6) is -2.29. The van der Waals surface area contributed by atoms with Crippen molar-refractivity contribution in [3.05, 3.63) is 113 Å². The van der Waals surface area contributed by atoms with Crippen molar-refractivity contribution < 1.29 is 26.4 Å². The van der Waals surface area contributed by atoms with Crippen LogP contribution in [0.4, 0.5) is 18.0 Å². The molecule has 0 fully saturated rings. The van der Waals surface area contributed by atoms with Crippen molar-refractivity contribution >= 4 is 27.7 Å². The van der Waals surface area contributed by atoms with E-state index in [0.29, 0.717) is 17.2 Å². The summed E-state index contributed by atoms with van der Waals surface area (Å²) in [6.45, 7) is 0. The summed E-state index contributed by atoms with van der Waals surface area (Å²) in [5, 5.41) is 2.40. The molecule has 0 radical (unpaired) electrons. The lowest BCUT2D eigenvalue weighted by atomic mass is 9.96. The van der Waals surface area contributed by atoms with Gasteiger partial charge in [-0.25, -0.2) is 31.1 Å². The van der Waals surface area contributed by atoms with Gasteiger partial charge in [0.25, 0.3) is 10.0 Å². The van der Waals surface area contributed by atoms with Gasteiger partial charge in [-0.2, -0.15) is 0 Å². The first-order valence-electron chi connectivity index (χ1n) is 10.7. The van der Waals surface area contributed by atoms with E-state index in [9.17, 15) is 26.4 Å². The molecule has 2 N–H and O–H groups in total. The van der Waals surface area contributed by atoms with E-state index in [1.165, 1.54) is 42.7 Å². The maximum Gasteiger partial charge on any atom is 0.329 e. The number of carbonyl (C=O) groups is 1. The van der Waals surface area contributed by atoms with Crippen LogP contribution in [0.1, 0.15) is 17.3 Å². The van der Waals surface area contributed by atoms with Gasteiger partial charge in [-0.15, -0.1) is 0 Å². The van der Waals surface area contributed by atoms with Gasteiger partial charge in [0.2, 0.25) is 0 Å². The van der Waals surface area contributed by atoms with Crippen LogP contribution < -0.4 is 10.0 Å². The monoisotopic (exact) mass is 546 g/mol. The van der Waals surface area contributed by atoms with Gasteiger partial charge >= 0.3 is 6.03 Å². The Morgan fingerprint density at radius 1 is 0.946 bits per heavy atom. The maximum atomic E-state index is 13.9. The Balaban J connectivity index is 1.71. The number of carbonyl (C=O) groups excluding carboxylic acids is 1. The standard InChI is InChI=1S/C25H18ClF3N4O3S/c26-21-5-1-2-6-23(21)37(35,36)33-25(34)32-22(10-15-8-17(27)12-18(28)9-15)24-20(4-3-7-31-24)16-11-19(29)14-30-13-16/h1-9,11-14,22H,10H2,(H2,32,33,34)/t22-/m1/s1. The van der Waals surface area contributed by atoms with E-state index in [1.807, 2.05) is 4.72 Å². The molecule has 0 saturated heterocycles. The van der Waals surface area contributed by atoms with Crippen LogP contribution in [0.2, 0.25) is 5.02 Å². The highest BCUT2D eigenvalue weighted by Crippen LogP contribution is 2.29. The lowest BCUT2D eigenvalue weighted by molar-refractivity contribution is 0.242. The number of pyridine rings is 2. The van der Waals surface area contributed by atoms with E-state index in [4.69, 9.17) is 11.6 Å². The zero-order chi connectivity index (χ0) is 26.6. The first kappa shape index (κ1) is 26.1. The van der Waals surface area contributed by atoms with Crippen LogP contribution in [0.15, 0.2) is 84.1 Å². The summed E-state index contributed by atoms with van der Waals surface area (Å²) >= 11 is 5.96. The normalized spacial score (nSPS) is 12.1. The first-order valence-corrected chi connectivity index (χ1v) is 12.6. The third-order valence-corrected chi connectivity index (χ3v) is 7.04. The largest absolute Gasteiger partial charge is 0.329 e. The van der Waals surface area contributed by atoms with E-state index in [0.717, 1.165) is 18.3 Å².